The molecule has 3 rings (SSSR count). The number of nitrogens with zero attached hydrogens (tertiary/aromatic N) is 2. The maximum absolute atomic E-state index is 13.5. The molecular formula is C18H17F2N3O3S. The number of halogens is 2. The van der Waals surface area contributed by atoms with E-state index < -0.39 is 11.6 Å². The first kappa shape index (κ1) is 19.0. The van der Waals surface area contributed by atoms with Crippen LogP contribution in [-0.2, 0) is 13.0 Å². The zero-order chi connectivity index (χ0) is 19.4. The third-order valence-electron chi connectivity index (χ3n) is 3.75. The Kier molecular flexibility index (Phi) is 5.80. The van der Waals surface area contributed by atoms with Gasteiger partial charge in [0.1, 0.15) is 12.4 Å². The van der Waals surface area contributed by atoms with Crippen molar-refractivity contribution in [3.63, 3.8) is 0 Å². The molecule has 0 aliphatic carbocycles. The molecular weight excluding hydrogens is 376 g/mol. The number of aryl methyl sites for hydroxylation is 2. The molecule has 0 unspecified atom stereocenters. The third-order valence-corrected chi connectivity index (χ3v) is 4.89. The summed E-state index contributed by atoms with van der Waals surface area (Å²) in [7, 11) is 0. The van der Waals surface area contributed by atoms with Crippen molar-refractivity contribution in [2.24, 2.45) is 0 Å². The van der Waals surface area contributed by atoms with E-state index in [0.717, 1.165) is 27.7 Å². The normalized spacial score (nSPS) is 10.8. The van der Waals surface area contributed by atoms with Crippen LogP contribution in [0.4, 0.5) is 8.78 Å². The second-order valence-electron chi connectivity index (χ2n) is 5.80. The lowest BCUT2D eigenvalue weighted by Crippen LogP contribution is -2.25. The van der Waals surface area contributed by atoms with Crippen molar-refractivity contribution < 1.29 is 22.8 Å². The Balaban J connectivity index is 1.49. The van der Waals surface area contributed by atoms with Gasteiger partial charge in [-0.3, -0.25) is 4.79 Å². The molecule has 142 valence electrons. The van der Waals surface area contributed by atoms with Crippen LogP contribution < -0.4 is 10.1 Å². The Labute approximate surface area is 158 Å². The highest BCUT2D eigenvalue weighted by molar-refractivity contribution is 7.11. The highest BCUT2D eigenvalue weighted by Gasteiger charge is 2.14. The van der Waals surface area contributed by atoms with E-state index in [2.05, 4.69) is 15.5 Å². The second kappa shape index (κ2) is 8.26. The van der Waals surface area contributed by atoms with Gasteiger partial charge in [-0.2, -0.15) is 0 Å². The third kappa shape index (κ3) is 4.88. The monoisotopic (exact) mass is 393 g/mol. The number of ether oxygens (including phenoxy) is 1. The molecule has 9 heteroatoms. The molecule has 0 radical (unpaired) electrons. The van der Waals surface area contributed by atoms with E-state index in [0.29, 0.717) is 13.0 Å². The Hall–Kier alpha value is -2.81. The number of amides is 1. The lowest BCUT2D eigenvalue weighted by atomic mass is 10.3. The molecule has 0 saturated heterocycles. The summed E-state index contributed by atoms with van der Waals surface area (Å²) in [5.74, 6) is -1.77. The minimum Gasteiger partial charge on any atom is -0.482 e. The fraction of sp³-hybridized carbons (Fsp3) is 0.278. The van der Waals surface area contributed by atoms with E-state index >= 15 is 0 Å². The molecule has 0 fully saturated rings. The summed E-state index contributed by atoms with van der Waals surface area (Å²) in [6.45, 7) is 4.24. The van der Waals surface area contributed by atoms with Gasteiger partial charge in [0.15, 0.2) is 23.0 Å². The molecule has 0 bridgehead atoms. The van der Waals surface area contributed by atoms with Crippen LogP contribution >= 0.6 is 11.3 Å². The van der Waals surface area contributed by atoms with Gasteiger partial charge in [-0.25, -0.2) is 13.8 Å². The predicted octanol–water partition coefficient (Wildman–Crippen LogP) is 3.58. The molecule has 6 nitrogen and oxygen atoms in total. The average molecular weight is 393 g/mol. The summed E-state index contributed by atoms with van der Waals surface area (Å²) in [5.41, 5.74) is 1.10. The Bertz CT molecular complexity index is 936. The van der Waals surface area contributed by atoms with Crippen LogP contribution in [-0.4, -0.2) is 22.6 Å². The Morgan fingerprint density at radius 3 is 2.81 bits per heavy atom. The largest absolute Gasteiger partial charge is 0.482 e. The molecule has 3 aromatic rings. The standard InChI is InChI=1S/C18H17F2N3O3S/c1-10-11(2)27-17(22-10)5-6-21-18(24)15-8-13(26-23-15)9-25-16-4-3-12(19)7-14(16)20/h3-4,7-8H,5-6,9H2,1-2H3,(H,21,24). The molecule has 0 saturated carbocycles. The first-order valence-corrected chi connectivity index (χ1v) is 8.98. The van der Waals surface area contributed by atoms with E-state index in [1.165, 1.54) is 12.1 Å². The molecule has 1 amide bonds. The van der Waals surface area contributed by atoms with Crippen LogP contribution in [0.5, 0.6) is 5.75 Å². The van der Waals surface area contributed by atoms with Gasteiger partial charge in [-0.1, -0.05) is 5.16 Å². The van der Waals surface area contributed by atoms with Gasteiger partial charge in [-0.15, -0.1) is 11.3 Å². The number of carbonyl (C=O) groups excluding carboxylic acids is 1. The fourth-order valence-electron chi connectivity index (χ4n) is 2.25. The highest BCUT2D eigenvalue weighted by atomic mass is 32.1. The van der Waals surface area contributed by atoms with Gasteiger partial charge in [0, 0.05) is 30.0 Å². The summed E-state index contributed by atoms with van der Waals surface area (Å²) in [6, 6.07) is 4.40. The number of nitrogens with one attached hydrogen (secondary N) is 1. The summed E-state index contributed by atoms with van der Waals surface area (Å²) >= 11 is 1.61. The molecule has 27 heavy (non-hydrogen) atoms. The van der Waals surface area contributed by atoms with Crippen molar-refractivity contribution in [3.05, 3.63) is 62.9 Å². The molecule has 1 N–H and O–H groups in total. The van der Waals surface area contributed by atoms with Crippen molar-refractivity contribution in [3.8, 4) is 5.75 Å². The zero-order valence-electron chi connectivity index (χ0n) is 14.7. The molecule has 1 aromatic carbocycles. The summed E-state index contributed by atoms with van der Waals surface area (Å²) in [6.07, 6.45) is 0.628. The van der Waals surface area contributed by atoms with E-state index in [4.69, 9.17) is 9.26 Å². The SMILES string of the molecule is Cc1nc(CCNC(=O)c2cc(COc3ccc(F)cc3F)on2)sc1C. The van der Waals surface area contributed by atoms with Crippen molar-refractivity contribution in [2.45, 2.75) is 26.9 Å². The molecule has 0 aliphatic heterocycles. The van der Waals surface area contributed by atoms with E-state index in [-0.39, 0.29) is 29.7 Å². The minimum atomic E-state index is -0.819. The zero-order valence-corrected chi connectivity index (χ0v) is 15.5. The van der Waals surface area contributed by atoms with Gasteiger partial charge < -0.3 is 14.6 Å². The van der Waals surface area contributed by atoms with E-state index in [9.17, 15) is 13.6 Å². The molecule has 2 aromatic heterocycles. The van der Waals surface area contributed by atoms with Crippen molar-refractivity contribution in [2.75, 3.05) is 6.54 Å². The van der Waals surface area contributed by atoms with Crippen molar-refractivity contribution >= 4 is 17.2 Å². The molecule has 2 heterocycles. The smallest absolute Gasteiger partial charge is 0.273 e. The molecule has 0 spiro atoms. The number of hydrogen-bond donors (Lipinski definition) is 1. The van der Waals surface area contributed by atoms with Crippen LogP contribution in [0, 0.1) is 25.5 Å². The van der Waals surface area contributed by atoms with E-state index in [1.54, 1.807) is 11.3 Å². The topological polar surface area (TPSA) is 77.2 Å². The quantitative estimate of drug-likeness (QED) is 0.664. The van der Waals surface area contributed by atoms with Gasteiger partial charge in [0.2, 0.25) is 0 Å². The van der Waals surface area contributed by atoms with Crippen LogP contribution in [0.25, 0.3) is 0 Å². The van der Waals surface area contributed by atoms with Gasteiger partial charge in [-0.05, 0) is 26.0 Å². The highest BCUT2D eigenvalue weighted by Crippen LogP contribution is 2.19. The van der Waals surface area contributed by atoms with Crippen molar-refractivity contribution in [1.82, 2.24) is 15.5 Å². The van der Waals surface area contributed by atoms with Crippen molar-refractivity contribution in [1.29, 1.82) is 0 Å². The van der Waals surface area contributed by atoms with Crippen LogP contribution in [0.1, 0.15) is 31.8 Å². The Morgan fingerprint density at radius 1 is 1.30 bits per heavy atom. The number of carbonyl (C=O) groups is 1. The lowest BCUT2D eigenvalue weighted by Gasteiger charge is -2.04. The summed E-state index contributed by atoms with van der Waals surface area (Å²) in [4.78, 5) is 17.7. The second-order valence-corrected chi connectivity index (χ2v) is 7.08. The molecule has 0 aliphatic rings. The maximum Gasteiger partial charge on any atom is 0.273 e. The summed E-state index contributed by atoms with van der Waals surface area (Å²) < 4.78 is 36.6. The van der Waals surface area contributed by atoms with E-state index in [1.807, 2.05) is 13.8 Å². The van der Waals surface area contributed by atoms with Gasteiger partial charge in [0.05, 0.1) is 10.7 Å². The fourth-order valence-corrected chi connectivity index (χ4v) is 3.18. The number of hydrogen-bond acceptors (Lipinski definition) is 6. The van der Waals surface area contributed by atoms with Crippen LogP contribution in [0.2, 0.25) is 0 Å². The maximum atomic E-state index is 13.5. The number of rotatable bonds is 7. The Morgan fingerprint density at radius 2 is 2.11 bits per heavy atom. The van der Waals surface area contributed by atoms with Gasteiger partial charge >= 0.3 is 0 Å². The lowest BCUT2D eigenvalue weighted by molar-refractivity contribution is 0.0944. The average Bonchev–Trinajstić information content (AvgIpc) is 3.21. The number of benzene rings is 1. The number of aromatic nitrogens is 2. The van der Waals surface area contributed by atoms with Crippen LogP contribution in [0.15, 0.2) is 28.8 Å². The predicted molar refractivity (Wildman–Crippen MR) is 94.8 cm³/mol. The first-order valence-electron chi connectivity index (χ1n) is 8.17. The van der Waals surface area contributed by atoms with Crippen LogP contribution in [0.3, 0.4) is 0 Å². The van der Waals surface area contributed by atoms with Gasteiger partial charge in [0.25, 0.3) is 5.91 Å². The summed E-state index contributed by atoms with van der Waals surface area (Å²) in [5, 5.41) is 7.38. The number of thiazole rings is 1. The minimum absolute atomic E-state index is 0.0969. The first-order chi connectivity index (χ1) is 12.9. The molecule has 0 atom stereocenters.